The molecule has 0 radical (unpaired) electrons. The summed E-state index contributed by atoms with van der Waals surface area (Å²) in [6.45, 7) is 4.04. The number of nitrogens with zero attached hydrogens (tertiary/aromatic N) is 3. The molecule has 3 aromatic rings. The van der Waals surface area contributed by atoms with E-state index >= 15 is 0 Å². The summed E-state index contributed by atoms with van der Waals surface area (Å²) in [5.41, 5.74) is 0.975. The number of hydrogen-bond acceptors (Lipinski definition) is 6. The van der Waals surface area contributed by atoms with Crippen LogP contribution in [0.1, 0.15) is 41.8 Å². The SMILES string of the molecule is CC(C)c1cc(C(=O)NCc2noc(-c3ccc(Cl)cc3)n2)no1. The lowest BCUT2D eigenvalue weighted by Gasteiger charge is -1.97. The molecular formula is C16H15ClN4O3. The van der Waals surface area contributed by atoms with Crippen LogP contribution in [-0.2, 0) is 6.54 Å². The van der Waals surface area contributed by atoms with E-state index in [4.69, 9.17) is 20.6 Å². The lowest BCUT2D eigenvalue weighted by atomic mass is 10.1. The van der Waals surface area contributed by atoms with Crippen LogP contribution in [-0.4, -0.2) is 21.2 Å². The molecule has 0 saturated heterocycles. The molecular weight excluding hydrogens is 332 g/mol. The summed E-state index contributed by atoms with van der Waals surface area (Å²) >= 11 is 5.84. The number of rotatable bonds is 5. The number of benzene rings is 1. The second-order valence-electron chi connectivity index (χ2n) is 5.47. The Morgan fingerprint density at radius 3 is 2.62 bits per heavy atom. The van der Waals surface area contributed by atoms with Gasteiger partial charge in [0.2, 0.25) is 0 Å². The largest absolute Gasteiger partial charge is 0.360 e. The fourth-order valence-electron chi connectivity index (χ4n) is 1.95. The summed E-state index contributed by atoms with van der Waals surface area (Å²) < 4.78 is 10.3. The van der Waals surface area contributed by atoms with Gasteiger partial charge in [-0.15, -0.1) is 0 Å². The minimum absolute atomic E-state index is 0.125. The van der Waals surface area contributed by atoms with Gasteiger partial charge in [0.05, 0.1) is 6.54 Å². The van der Waals surface area contributed by atoms with Crippen LogP contribution in [0.3, 0.4) is 0 Å². The Kier molecular flexibility index (Phi) is 4.61. The summed E-state index contributed by atoms with van der Waals surface area (Å²) in [4.78, 5) is 16.3. The van der Waals surface area contributed by atoms with E-state index in [0.717, 1.165) is 5.56 Å². The predicted octanol–water partition coefficient (Wildman–Crippen LogP) is 3.43. The number of halogens is 1. The summed E-state index contributed by atoms with van der Waals surface area (Å²) in [6, 6.07) is 8.65. The molecule has 0 aliphatic rings. The van der Waals surface area contributed by atoms with Crippen molar-refractivity contribution < 1.29 is 13.8 Å². The Morgan fingerprint density at radius 1 is 1.21 bits per heavy atom. The second-order valence-corrected chi connectivity index (χ2v) is 5.91. The molecule has 2 aromatic heterocycles. The van der Waals surface area contributed by atoms with Gasteiger partial charge in [-0.1, -0.05) is 35.8 Å². The lowest BCUT2D eigenvalue weighted by Crippen LogP contribution is -2.23. The fourth-order valence-corrected chi connectivity index (χ4v) is 2.08. The average Bonchev–Trinajstić information content (AvgIpc) is 3.23. The minimum Gasteiger partial charge on any atom is -0.360 e. The molecule has 3 rings (SSSR count). The van der Waals surface area contributed by atoms with Crippen LogP contribution in [0.2, 0.25) is 5.02 Å². The van der Waals surface area contributed by atoms with Crippen LogP contribution in [0.15, 0.2) is 39.4 Å². The van der Waals surface area contributed by atoms with E-state index in [2.05, 4.69) is 20.6 Å². The van der Waals surface area contributed by atoms with Crippen molar-refractivity contribution in [2.24, 2.45) is 0 Å². The van der Waals surface area contributed by atoms with Crippen molar-refractivity contribution in [1.82, 2.24) is 20.6 Å². The molecule has 0 bridgehead atoms. The smallest absolute Gasteiger partial charge is 0.273 e. The number of carbonyl (C=O) groups is 1. The van der Waals surface area contributed by atoms with Crippen molar-refractivity contribution in [1.29, 1.82) is 0 Å². The quantitative estimate of drug-likeness (QED) is 0.760. The molecule has 1 amide bonds. The molecule has 7 nitrogen and oxygen atoms in total. The van der Waals surface area contributed by atoms with Gasteiger partial charge in [0.15, 0.2) is 11.5 Å². The molecule has 0 saturated carbocycles. The Hall–Kier alpha value is -2.67. The topological polar surface area (TPSA) is 94.1 Å². The van der Waals surface area contributed by atoms with Gasteiger partial charge in [-0.25, -0.2) is 0 Å². The molecule has 1 aromatic carbocycles. The molecule has 0 unspecified atom stereocenters. The van der Waals surface area contributed by atoms with E-state index in [1.807, 2.05) is 13.8 Å². The summed E-state index contributed by atoms with van der Waals surface area (Å²) in [5, 5.41) is 10.9. The van der Waals surface area contributed by atoms with Crippen LogP contribution in [0.25, 0.3) is 11.5 Å². The molecule has 0 spiro atoms. The van der Waals surface area contributed by atoms with Gasteiger partial charge in [-0.05, 0) is 24.3 Å². The fraction of sp³-hybridized carbons (Fsp3) is 0.250. The van der Waals surface area contributed by atoms with Gasteiger partial charge >= 0.3 is 0 Å². The van der Waals surface area contributed by atoms with Crippen LogP contribution in [0.5, 0.6) is 0 Å². The molecule has 0 aliphatic carbocycles. The molecule has 24 heavy (non-hydrogen) atoms. The molecule has 0 aliphatic heterocycles. The van der Waals surface area contributed by atoms with Gasteiger partial charge in [-0.2, -0.15) is 4.98 Å². The maximum Gasteiger partial charge on any atom is 0.273 e. The summed E-state index contributed by atoms with van der Waals surface area (Å²) in [6.07, 6.45) is 0. The minimum atomic E-state index is -0.358. The first kappa shape index (κ1) is 16.2. The van der Waals surface area contributed by atoms with Gasteiger partial charge in [-0.3, -0.25) is 4.79 Å². The molecule has 1 N–H and O–H groups in total. The number of aromatic nitrogens is 3. The predicted molar refractivity (Wildman–Crippen MR) is 86.5 cm³/mol. The maximum absolute atomic E-state index is 12.0. The number of carbonyl (C=O) groups excluding carboxylic acids is 1. The van der Waals surface area contributed by atoms with Crippen molar-refractivity contribution in [3.63, 3.8) is 0 Å². The normalized spacial score (nSPS) is 11.0. The number of nitrogens with one attached hydrogen (secondary N) is 1. The molecule has 8 heteroatoms. The third-order valence-corrected chi connectivity index (χ3v) is 3.55. The third kappa shape index (κ3) is 3.62. The van der Waals surface area contributed by atoms with E-state index in [1.165, 1.54) is 0 Å². The molecule has 0 fully saturated rings. The van der Waals surface area contributed by atoms with E-state index in [0.29, 0.717) is 22.5 Å². The van der Waals surface area contributed by atoms with Crippen LogP contribution >= 0.6 is 11.6 Å². The van der Waals surface area contributed by atoms with Crippen LogP contribution < -0.4 is 5.32 Å². The van der Waals surface area contributed by atoms with Gasteiger partial charge in [0, 0.05) is 22.6 Å². The molecule has 0 atom stereocenters. The first-order chi connectivity index (χ1) is 11.5. The zero-order chi connectivity index (χ0) is 17.1. The van der Waals surface area contributed by atoms with Gasteiger partial charge in [0.25, 0.3) is 11.8 Å². The molecule has 124 valence electrons. The Balaban J connectivity index is 1.62. The van der Waals surface area contributed by atoms with E-state index in [9.17, 15) is 4.79 Å². The number of hydrogen-bond donors (Lipinski definition) is 1. The maximum atomic E-state index is 12.0. The van der Waals surface area contributed by atoms with Crippen molar-refractivity contribution in [3.05, 3.63) is 52.6 Å². The van der Waals surface area contributed by atoms with E-state index in [1.54, 1.807) is 30.3 Å². The molecule has 2 heterocycles. The number of amides is 1. The van der Waals surface area contributed by atoms with Crippen molar-refractivity contribution in [2.45, 2.75) is 26.3 Å². The second kappa shape index (κ2) is 6.84. The Morgan fingerprint density at radius 2 is 1.96 bits per heavy atom. The van der Waals surface area contributed by atoms with Crippen molar-refractivity contribution >= 4 is 17.5 Å². The first-order valence-corrected chi connectivity index (χ1v) is 7.74. The highest BCUT2D eigenvalue weighted by Crippen LogP contribution is 2.19. The highest BCUT2D eigenvalue weighted by Gasteiger charge is 2.15. The summed E-state index contributed by atoms with van der Waals surface area (Å²) in [7, 11) is 0. The first-order valence-electron chi connectivity index (χ1n) is 7.36. The Labute approximate surface area is 143 Å². The highest BCUT2D eigenvalue weighted by atomic mass is 35.5. The zero-order valence-corrected chi connectivity index (χ0v) is 13.9. The van der Waals surface area contributed by atoms with E-state index in [-0.39, 0.29) is 24.1 Å². The van der Waals surface area contributed by atoms with Crippen molar-refractivity contribution in [3.8, 4) is 11.5 Å². The van der Waals surface area contributed by atoms with Gasteiger partial charge < -0.3 is 14.4 Å². The zero-order valence-electron chi connectivity index (χ0n) is 13.1. The average molecular weight is 347 g/mol. The van der Waals surface area contributed by atoms with E-state index < -0.39 is 0 Å². The van der Waals surface area contributed by atoms with Crippen molar-refractivity contribution in [2.75, 3.05) is 0 Å². The third-order valence-electron chi connectivity index (χ3n) is 3.30. The van der Waals surface area contributed by atoms with Crippen LogP contribution in [0, 0.1) is 0 Å². The summed E-state index contributed by atoms with van der Waals surface area (Å²) in [5.74, 6) is 1.19. The highest BCUT2D eigenvalue weighted by molar-refractivity contribution is 6.30. The standard InChI is InChI=1S/C16H15ClN4O3/c1-9(2)13-7-12(20-23-13)15(22)18-8-14-19-16(24-21-14)10-3-5-11(17)6-4-10/h3-7,9H,8H2,1-2H3,(H,18,22). The van der Waals surface area contributed by atoms with Gasteiger partial charge in [0.1, 0.15) is 5.76 Å². The monoisotopic (exact) mass is 346 g/mol. The lowest BCUT2D eigenvalue weighted by molar-refractivity contribution is 0.0940. The Bertz CT molecular complexity index is 839. The van der Waals surface area contributed by atoms with Crippen LogP contribution in [0.4, 0.5) is 0 Å².